The van der Waals surface area contributed by atoms with E-state index in [0.29, 0.717) is 13.2 Å². The number of carbonyl (C=O) groups is 2. The summed E-state index contributed by atoms with van der Waals surface area (Å²) in [5.41, 5.74) is 2.00. The minimum absolute atomic E-state index is 0.158. The average molecular weight is 352 g/mol. The van der Waals surface area contributed by atoms with E-state index in [1.165, 1.54) is 0 Å². The van der Waals surface area contributed by atoms with Crippen molar-refractivity contribution in [3.63, 3.8) is 0 Å². The normalized spacial score (nSPS) is 27.1. The third-order valence-corrected chi connectivity index (χ3v) is 4.72. The summed E-state index contributed by atoms with van der Waals surface area (Å²) in [6, 6.07) is 18.8. The molecule has 2 fully saturated rings. The average Bonchev–Trinajstić information content (AvgIpc) is 2.66. The summed E-state index contributed by atoms with van der Waals surface area (Å²) >= 11 is 0. The third-order valence-electron chi connectivity index (χ3n) is 4.72. The van der Waals surface area contributed by atoms with Crippen LogP contribution in [0.2, 0.25) is 0 Å². The van der Waals surface area contributed by atoms with Gasteiger partial charge in [0.15, 0.2) is 12.2 Å². The molecule has 0 aliphatic carbocycles. The van der Waals surface area contributed by atoms with Gasteiger partial charge >= 0.3 is 0 Å². The molecule has 0 aromatic heterocycles. The number of hydrogen-bond donors (Lipinski definition) is 2. The van der Waals surface area contributed by atoms with Crippen LogP contribution in [0.15, 0.2) is 60.7 Å². The molecule has 134 valence electrons. The van der Waals surface area contributed by atoms with Crippen LogP contribution in [0, 0.1) is 0 Å². The van der Waals surface area contributed by atoms with E-state index in [1.54, 1.807) is 0 Å². The Labute approximate surface area is 151 Å². The van der Waals surface area contributed by atoms with Crippen molar-refractivity contribution in [2.75, 3.05) is 0 Å². The van der Waals surface area contributed by atoms with Crippen LogP contribution in [0.5, 0.6) is 0 Å². The van der Waals surface area contributed by atoms with Crippen molar-refractivity contribution in [2.45, 2.75) is 37.5 Å². The van der Waals surface area contributed by atoms with Crippen molar-refractivity contribution < 1.29 is 19.1 Å². The molecule has 4 rings (SSSR count). The van der Waals surface area contributed by atoms with Crippen LogP contribution in [0.1, 0.15) is 11.1 Å². The lowest BCUT2D eigenvalue weighted by Gasteiger charge is -2.48. The quantitative estimate of drug-likeness (QED) is 0.733. The van der Waals surface area contributed by atoms with Gasteiger partial charge in [0.05, 0.1) is 25.3 Å². The minimum Gasteiger partial charge on any atom is -0.361 e. The molecule has 0 bridgehead atoms. The van der Waals surface area contributed by atoms with Gasteiger partial charge in [0, 0.05) is 0 Å². The number of carbonyl (C=O) groups excluding carboxylic acids is 2. The highest BCUT2D eigenvalue weighted by Gasteiger charge is 2.54. The summed E-state index contributed by atoms with van der Waals surface area (Å²) in [6.07, 6.45) is -1.16. The molecular weight excluding hydrogens is 332 g/mol. The lowest BCUT2D eigenvalue weighted by molar-refractivity contribution is -0.168. The van der Waals surface area contributed by atoms with Gasteiger partial charge in [0.25, 0.3) is 11.8 Å². The molecular formula is C20H20N2O4. The Kier molecular flexibility index (Phi) is 4.69. The van der Waals surface area contributed by atoms with E-state index in [9.17, 15) is 9.59 Å². The van der Waals surface area contributed by atoms with E-state index in [-0.39, 0.29) is 23.9 Å². The SMILES string of the molecule is O=C1N[C@H]([C@H]2NC(=O)[C@H]2OCc2ccccc2)[C@@H]1OCc1ccccc1. The second-order valence-corrected chi connectivity index (χ2v) is 6.50. The fourth-order valence-electron chi connectivity index (χ4n) is 3.21. The van der Waals surface area contributed by atoms with Gasteiger partial charge in [0.2, 0.25) is 0 Å². The maximum atomic E-state index is 11.9. The van der Waals surface area contributed by atoms with Gasteiger partial charge < -0.3 is 20.1 Å². The van der Waals surface area contributed by atoms with Gasteiger partial charge in [-0.1, -0.05) is 60.7 Å². The molecule has 6 heteroatoms. The number of benzene rings is 2. The molecule has 0 saturated carbocycles. The molecule has 2 aliphatic rings. The Bertz CT molecular complexity index is 713. The Morgan fingerprint density at radius 1 is 0.654 bits per heavy atom. The zero-order valence-corrected chi connectivity index (χ0v) is 14.1. The van der Waals surface area contributed by atoms with Crippen molar-refractivity contribution in [1.29, 1.82) is 0 Å². The van der Waals surface area contributed by atoms with E-state index in [0.717, 1.165) is 11.1 Å². The minimum atomic E-state index is -0.580. The maximum Gasteiger partial charge on any atom is 0.251 e. The second kappa shape index (κ2) is 7.27. The largest absolute Gasteiger partial charge is 0.361 e. The summed E-state index contributed by atoms with van der Waals surface area (Å²) in [5.74, 6) is -0.317. The smallest absolute Gasteiger partial charge is 0.251 e. The number of hydrogen-bond acceptors (Lipinski definition) is 4. The topological polar surface area (TPSA) is 76.7 Å². The Balaban J connectivity index is 1.33. The Hall–Kier alpha value is -2.70. The van der Waals surface area contributed by atoms with Crippen LogP contribution >= 0.6 is 0 Å². The third kappa shape index (κ3) is 3.34. The van der Waals surface area contributed by atoms with Gasteiger partial charge in [-0.3, -0.25) is 9.59 Å². The van der Waals surface area contributed by atoms with Gasteiger partial charge in [-0.05, 0) is 11.1 Å². The molecule has 2 aromatic rings. The molecule has 6 nitrogen and oxygen atoms in total. The maximum absolute atomic E-state index is 11.9. The molecule has 26 heavy (non-hydrogen) atoms. The highest BCUT2D eigenvalue weighted by atomic mass is 16.5. The monoisotopic (exact) mass is 352 g/mol. The number of β-lactam (4-membered cyclic amide) rings is 2. The van der Waals surface area contributed by atoms with Crippen LogP contribution < -0.4 is 10.6 Å². The summed E-state index contributed by atoms with van der Waals surface area (Å²) in [5, 5.41) is 5.64. The first-order chi connectivity index (χ1) is 12.7. The predicted octanol–water partition coefficient (Wildman–Crippen LogP) is 1.15. The van der Waals surface area contributed by atoms with Gasteiger partial charge in [-0.25, -0.2) is 0 Å². The number of rotatable bonds is 7. The van der Waals surface area contributed by atoms with E-state index >= 15 is 0 Å². The lowest BCUT2D eigenvalue weighted by atomic mass is 9.85. The van der Waals surface area contributed by atoms with E-state index in [4.69, 9.17) is 9.47 Å². The van der Waals surface area contributed by atoms with E-state index < -0.39 is 12.2 Å². The molecule has 0 spiro atoms. The molecule has 2 aliphatic heterocycles. The van der Waals surface area contributed by atoms with Crippen LogP contribution in [0.3, 0.4) is 0 Å². The van der Waals surface area contributed by atoms with Crippen molar-refractivity contribution in [2.24, 2.45) is 0 Å². The molecule has 0 unspecified atom stereocenters. The molecule has 2 saturated heterocycles. The Morgan fingerprint density at radius 3 is 1.38 bits per heavy atom. The number of amides is 2. The molecule has 2 amide bonds. The van der Waals surface area contributed by atoms with Crippen LogP contribution in [-0.2, 0) is 32.3 Å². The highest BCUT2D eigenvalue weighted by molar-refractivity contribution is 5.93. The van der Waals surface area contributed by atoms with Crippen molar-refractivity contribution in [3.05, 3.63) is 71.8 Å². The molecule has 2 aromatic carbocycles. The van der Waals surface area contributed by atoms with Crippen molar-refractivity contribution in [1.82, 2.24) is 10.6 Å². The standard InChI is InChI=1S/C20H20N2O4/c23-19-17(25-11-13-7-3-1-4-8-13)15(21-19)16-18(20(24)22-16)26-12-14-9-5-2-6-10-14/h1-10,15-18H,11-12H2,(H,21,23)(H,22,24)/t15-,16-,17+,18+/m1/s1. The first-order valence-corrected chi connectivity index (χ1v) is 8.64. The summed E-state index contributed by atoms with van der Waals surface area (Å²) < 4.78 is 11.5. The fraction of sp³-hybridized carbons (Fsp3) is 0.300. The highest BCUT2D eigenvalue weighted by Crippen LogP contribution is 2.25. The summed E-state index contributed by atoms with van der Waals surface area (Å²) in [4.78, 5) is 23.8. The summed E-state index contributed by atoms with van der Waals surface area (Å²) in [6.45, 7) is 0.706. The first kappa shape index (κ1) is 16.8. The molecule has 2 heterocycles. The van der Waals surface area contributed by atoms with Gasteiger partial charge in [-0.2, -0.15) is 0 Å². The Morgan fingerprint density at radius 2 is 1.04 bits per heavy atom. The van der Waals surface area contributed by atoms with Gasteiger partial charge in [-0.15, -0.1) is 0 Å². The molecule has 2 N–H and O–H groups in total. The second-order valence-electron chi connectivity index (χ2n) is 6.50. The van der Waals surface area contributed by atoms with E-state index in [2.05, 4.69) is 10.6 Å². The van der Waals surface area contributed by atoms with Crippen LogP contribution in [-0.4, -0.2) is 36.1 Å². The number of nitrogens with one attached hydrogen (secondary N) is 2. The van der Waals surface area contributed by atoms with Crippen LogP contribution in [0.25, 0.3) is 0 Å². The number of ether oxygens (including phenoxy) is 2. The first-order valence-electron chi connectivity index (χ1n) is 8.64. The fourth-order valence-corrected chi connectivity index (χ4v) is 3.21. The zero-order chi connectivity index (χ0) is 17.9. The molecule has 0 radical (unpaired) electrons. The summed E-state index contributed by atoms with van der Waals surface area (Å²) in [7, 11) is 0. The van der Waals surface area contributed by atoms with Crippen molar-refractivity contribution >= 4 is 11.8 Å². The lowest BCUT2D eigenvalue weighted by Crippen LogP contribution is -2.79. The van der Waals surface area contributed by atoms with Gasteiger partial charge in [0.1, 0.15) is 0 Å². The predicted molar refractivity (Wildman–Crippen MR) is 93.9 cm³/mol. The molecule has 4 atom stereocenters. The van der Waals surface area contributed by atoms with Crippen molar-refractivity contribution in [3.8, 4) is 0 Å². The van der Waals surface area contributed by atoms with Crippen LogP contribution in [0.4, 0.5) is 0 Å². The zero-order valence-electron chi connectivity index (χ0n) is 14.1. The van der Waals surface area contributed by atoms with E-state index in [1.807, 2.05) is 60.7 Å².